The molecule has 1 heterocycles. The summed E-state index contributed by atoms with van der Waals surface area (Å²) in [6, 6.07) is 3.51. The van der Waals surface area contributed by atoms with Gasteiger partial charge < -0.3 is 10.2 Å². The topological polar surface area (TPSA) is 95.8 Å². The van der Waals surface area contributed by atoms with Gasteiger partial charge in [-0.05, 0) is 13.0 Å². The number of rotatable bonds is 4. The Kier molecular flexibility index (Phi) is 5.74. The second-order valence-electron chi connectivity index (χ2n) is 5.63. The van der Waals surface area contributed by atoms with Crippen LogP contribution < -0.4 is 5.32 Å². The van der Waals surface area contributed by atoms with E-state index in [-0.39, 0.29) is 22.5 Å². The van der Waals surface area contributed by atoms with Crippen LogP contribution >= 0.6 is 11.6 Å². The summed E-state index contributed by atoms with van der Waals surface area (Å²) in [5.41, 5.74) is 0.202. The fourth-order valence-corrected chi connectivity index (χ4v) is 2.77. The lowest BCUT2D eigenvalue weighted by Crippen LogP contribution is -2.53. The van der Waals surface area contributed by atoms with Crippen molar-refractivity contribution in [2.24, 2.45) is 0 Å². The van der Waals surface area contributed by atoms with Crippen LogP contribution in [0.4, 0.5) is 11.4 Å². The molecule has 130 valence electrons. The molecule has 1 atom stereocenters. The monoisotopic (exact) mass is 354 g/mol. The zero-order chi connectivity index (χ0) is 17.9. The van der Waals surface area contributed by atoms with Crippen LogP contribution in [0.15, 0.2) is 18.2 Å². The van der Waals surface area contributed by atoms with Gasteiger partial charge in [0.05, 0.1) is 21.7 Å². The molecule has 1 N–H and O–H groups in total. The molecule has 1 fully saturated rings. The van der Waals surface area contributed by atoms with Crippen LogP contribution in [0.1, 0.15) is 13.8 Å². The van der Waals surface area contributed by atoms with Gasteiger partial charge in [0.2, 0.25) is 11.8 Å². The molecule has 1 aromatic rings. The fourth-order valence-electron chi connectivity index (χ4n) is 2.55. The van der Waals surface area contributed by atoms with Crippen molar-refractivity contribution in [1.82, 2.24) is 9.80 Å². The minimum Gasteiger partial charge on any atom is -0.340 e. The summed E-state index contributed by atoms with van der Waals surface area (Å²) in [5, 5.41) is 13.5. The lowest BCUT2D eigenvalue weighted by Gasteiger charge is -2.37. The molecular weight excluding hydrogens is 336 g/mol. The molecule has 0 spiro atoms. The Morgan fingerprint density at radius 1 is 1.29 bits per heavy atom. The molecule has 0 aliphatic carbocycles. The van der Waals surface area contributed by atoms with E-state index in [0.29, 0.717) is 31.9 Å². The van der Waals surface area contributed by atoms with Gasteiger partial charge in [-0.3, -0.25) is 24.6 Å². The quantitative estimate of drug-likeness (QED) is 0.656. The number of benzene rings is 1. The number of carbonyl (C=O) groups excluding carboxylic acids is 2. The molecule has 1 saturated heterocycles. The van der Waals surface area contributed by atoms with Crippen LogP contribution in [0.25, 0.3) is 0 Å². The molecule has 1 unspecified atom stereocenters. The van der Waals surface area contributed by atoms with E-state index < -0.39 is 11.0 Å². The minimum atomic E-state index is -0.547. The zero-order valence-electron chi connectivity index (χ0n) is 13.5. The van der Waals surface area contributed by atoms with E-state index in [0.717, 1.165) is 0 Å². The van der Waals surface area contributed by atoms with Gasteiger partial charge in [-0.15, -0.1) is 0 Å². The zero-order valence-corrected chi connectivity index (χ0v) is 14.2. The predicted molar refractivity (Wildman–Crippen MR) is 90.0 cm³/mol. The number of halogens is 1. The third kappa shape index (κ3) is 4.21. The molecule has 9 heteroatoms. The Bertz CT molecular complexity index is 659. The molecule has 2 rings (SSSR count). The number of nitro groups is 1. The molecule has 1 aromatic carbocycles. The van der Waals surface area contributed by atoms with Crippen LogP contribution in [0.5, 0.6) is 0 Å². The molecule has 1 aliphatic rings. The average molecular weight is 355 g/mol. The standard InChI is InChI=1S/C15H19ClN4O4/c1-10(18-5-7-19(8-6-18)11(2)21)15(22)17-14-4-3-12(20(23)24)9-13(14)16/h3-4,9-10H,5-8H2,1-2H3,(H,17,22). The first-order valence-corrected chi connectivity index (χ1v) is 7.91. The van der Waals surface area contributed by atoms with Gasteiger partial charge >= 0.3 is 0 Å². The lowest BCUT2D eigenvalue weighted by atomic mass is 10.2. The molecule has 0 radical (unpaired) electrons. The number of carbonyl (C=O) groups is 2. The number of nitrogens with zero attached hydrogens (tertiary/aromatic N) is 3. The van der Waals surface area contributed by atoms with Gasteiger partial charge in [-0.25, -0.2) is 0 Å². The highest BCUT2D eigenvalue weighted by Gasteiger charge is 2.26. The molecule has 8 nitrogen and oxygen atoms in total. The van der Waals surface area contributed by atoms with Crippen LogP contribution in [-0.4, -0.2) is 58.8 Å². The van der Waals surface area contributed by atoms with E-state index in [9.17, 15) is 19.7 Å². The summed E-state index contributed by atoms with van der Waals surface area (Å²) < 4.78 is 0. The Morgan fingerprint density at radius 2 is 1.92 bits per heavy atom. The van der Waals surface area contributed by atoms with E-state index in [1.54, 1.807) is 11.8 Å². The number of anilines is 1. The molecule has 1 aliphatic heterocycles. The summed E-state index contributed by atoms with van der Waals surface area (Å²) in [4.78, 5) is 37.6. The molecule has 0 aromatic heterocycles. The van der Waals surface area contributed by atoms with Gasteiger partial charge in [0.15, 0.2) is 0 Å². The van der Waals surface area contributed by atoms with Gasteiger partial charge in [-0.1, -0.05) is 11.6 Å². The van der Waals surface area contributed by atoms with Crippen molar-refractivity contribution in [2.75, 3.05) is 31.5 Å². The molecular formula is C15H19ClN4O4. The maximum absolute atomic E-state index is 12.4. The minimum absolute atomic E-state index is 0.0319. The third-order valence-electron chi connectivity index (χ3n) is 4.11. The largest absolute Gasteiger partial charge is 0.340 e. The first kappa shape index (κ1) is 18.2. The lowest BCUT2D eigenvalue weighted by molar-refractivity contribution is -0.384. The van der Waals surface area contributed by atoms with Gasteiger partial charge in [0.25, 0.3) is 5.69 Å². The summed E-state index contributed by atoms with van der Waals surface area (Å²) in [7, 11) is 0. The maximum Gasteiger partial charge on any atom is 0.271 e. The summed E-state index contributed by atoms with van der Waals surface area (Å²) in [6.45, 7) is 5.71. The van der Waals surface area contributed by atoms with Crippen molar-refractivity contribution in [3.05, 3.63) is 33.3 Å². The van der Waals surface area contributed by atoms with Crippen molar-refractivity contribution in [3.63, 3.8) is 0 Å². The van der Waals surface area contributed by atoms with E-state index in [2.05, 4.69) is 5.32 Å². The van der Waals surface area contributed by atoms with Gasteiger partial charge in [0.1, 0.15) is 0 Å². The van der Waals surface area contributed by atoms with E-state index in [1.165, 1.54) is 25.1 Å². The second-order valence-corrected chi connectivity index (χ2v) is 6.04. The highest BCUT2D eigenvalue weighted by Crippen LogP contribution is 2.27. The number of hydrogen-bond donors (Lipinski definition) is 1. The Hall–Kier alpha value is -2.19. The average Bonchev–Trinajstić information content (AvgIpc) is 2.55. The second kappa shape index (κ2) is 7.59. The Labute approximate surface area is 144 Å². The number of piperazine rings is 1. The first-order chi connectivity index (χ1) is 11.3. The number of nitro benzene ring substituents is 1. The van der Waals surface area contributed by atoms with Gasteiger partial charge in [0, 0.05) is 45.2 Å². The van der Waals surface area contributed by atoms with Crippen LogP contribution in [-0.2, 0) is 9.59 Å². The Morgan fingerprint density at radius 3 is 2.42 bits per heavy atom. The summed E-state index contributed by atoms with van der Waals surface area (Å²) >= 11 is 5.99. The van der Waals surface area contributed by atoms with E-state index in [1.807, 2.05) is 4.90 Å². The molecule has 0 bridgehead atoms. The predicted octanol–water partition coefficient (Wildman–Crippen LogP) is 1.74. The van der Waals surface area contributed by atoms with Crippen LogP contribution in [0.3, 0.4) is 0 Å². The third-order valence-corrected chi connectivity index (χ3v) is 4.42. The fraction of sp³-hybridized carbons (Fsp3) is 0.467. The first-order valence-electron chi connectivity index (χ1n) is 7.54. The number of amides is 2. The molecule has 2 amide bonds. The van der Waals surface area contributed by atoms with Crippen LogP contribution in [0, 0.1) is 10.1 Å². The van der Waals surface area contributed by atoms with Crippen molar-refractivity contribution in [1.29, 1.82) is 0 Å². The van der Waals surface area contributed by atoms with Crippen molar-refractivity contribution in [2.45, 2.75) is 19.9 Å². The number of hydrogen-bond acceptors (Lipinski definition) is 5. The summed E-state index contributed by atoms with van der Waals surface area (Å²) in [6.07, 6.45) is 0. The molecule has 0 saturated carbocycles. The van der Waals surface area contributed by atoms with Crippen molar-refractivity contribution < 1.29 is 14.5 Å². The number of nitrogens with one attached hydrogen (secondary N) is 1. The van der Waals surface area contributed by atoms with Gasteiger partial charge in [-0.2, -0.15) is 0 Å². The van der Waals surface area contributed by atoms with Crippen molar-refractivity contribution in [3.8, 4) is 0 Å². The highest BCUT2D eigenvalue weighted by atomic mass is 35.5. The SMILES string of the molecule is CC(=O)N1CCN(C(C)C(=O)Nc2ccc([N+](=O)[O-])cc2Cl)CC1. The normalized spacial score (nSPS) is 16.5. The maximum atomic E-state index is 12.4. The highest BCUT2D eigenvalue weighted by molar-refractivity contribution is 6.34. The molecule has 24 heavy (non-hydrogen) atoms. The van der Waals surface area contributed by atoms with Crippen LogP contribution in [0.2, 0.25) is 5.02 Å². The number of non-ortho nitro benzene ring substituents is 1. The van der Waals surface area contributed by atoms with E-state index in [4.69, 9.17) is 11.6 Å². The van der Waals surface area contributed by atoms with Crippen molar-refractivity contribution >= 4 is 34.8 Å². The summed E-state index contributed by atoms with van der Waals surface area (Å²) in [5.74, 6) is -0.216. The van der Waals surface area contributed by atoms with E-state index >= 15 is 0 Å². The Balaban J connectivity index is 1.97. The smallest absolute Gasteiger partial charge is 0.271 e.